The maximum Gasteiger partial charge on any atom is 0.224 e. The summed E-state index contributed by atoms with van der Waals surface area (Å²) >= 11 is 0. The predicted octanol–water partition coefficient (Wildman–Crippen LogP) is 4.16. The molecular formula is C20H22FN3O. The fourth-order valence-electron chi connectivity index (χ4n) is 4.16. The molecule has 1 aliphatic carbocycles. The van der Waals surface area contributed by atoms with E-state index in [1.54, 1.807) is 19.1 Å². The molecule has 5 heteroatoms. The van der Waals surface area contributed by atoms with Gasteiger partial charge in [0.05, 0.1) is 6.04 Å². The standard InChI is InChI=1S/C20H22FN3O/c1-12-19(23-18-9-5-8-17(21)22-18)15-6-3-4-7-16(15)24(13(2)25)20(12)14-10-11-14/h3-9,12,14,19-20H,10-11H2,1-2H3,(H,22,23)/t12-,19?,20-/m1/s1. The molecule has 25 heavy (non-hydrogen) atoms. The minimum Gasteiger partial charge on any atom is -0.363 e. The van der Waals surface area contributed by atoms with Gasteiger partial charge in [0, 0.05) is 24.6 Å². The molecular weight excluding hydrogens is 317 g/mol. The molecule has 1 saturated carbocycles. The van der Waals surface area contributed by atoms with E-state index in [4.69, 9.17) is 0 Å². The van der Waals surface area contributed by atoms with Gasteiger partial charge in [0.2, 0.25) is 11.9 Å². The summed E-state index contributed by atoms with van der Waals surface area (Å²) in [5, 5.41) is 3.41. The summed E-state index contributed by atoms with van der Waals surface area (Å²) in [5.41, 5.74) is 2.02. The lowest BCUT2D eigenvalue weighted by Gasteiger charge is -2.45. The van der Waals surface area contributed by atoms with Crippen molar-refractivity contribution in [2.24, 2.45) is 11.8 Å². The number of para-hydroxylation sites is 1. The van der Waals surface area contributed by atoms with Crippen LogP contribution in [0.4, 0.5) is 15.9 Å². The second kappa shape index (κ2) is 6.14. The first-order valence-corrected chi connectivity index (χ1v) is 8.84. The Morgan fingerprint density at radius 2 is 1.96 bits per heavy atom. The van der Waals surface area contributed by atoms with Crippen LogP contribution in [0.25, 0.3) is 0 Å². The van der Waals surface area contributed by atoms with E-state index in [1.807, 2.05) is 29.2 Å². The Morgan fingerprint density at radius 3 is 2.64 bits per heavy atom. The molecule has 0 radical (unpaired) electrons. The highest BCUT2D eigenvalue weighted by atomic mass is 19.1. The molecule has 1 aromatic carbocycles. The van der Waals surface area contributed by atoms with Gasteiger partial charge in [0.15, 0.2) is 0 Å². The molecule has 130 valence electrons. The number of hydrogen-bond acceptors (Lipinski definition) is 3. The third-order valence-corrected chi connectivity index (χ3v) is 5.36. The molecule has 1 N–H and O–H groups in total. The molecule has 2 heterocycles. The van der Waals surface area contributed by atoms with Gasteiger partial charge in [0.1, 0.15) is 5.82 Å². The number of benzene rings is 1. The number of hydrogen-bond donors (Lipinski definition) is 1. The first-order valence-electron chi connectivity index (χ1n) is 8.84. The Bertz CT molecular complexity index is 805. The second-order valence-corrected chi connectivity index (χ2v) is 7.10. The van der Waals surface area contributed by atoms with Crippen molar-refractivity contribution >= 4 is 17.4 Å². The predicted molar refractivity (Wildman–Crippen MR) is 95.8 cm³/mol. The number of anilines is 2. The van der Waals surface area contributed by atoms with E-state index in [1.165, 1.54) is 6.07 Å². The number of aromatic nitrogens is 1. The van der Waals surface area contributed by atoms with Crippen LogP contribution < -0.4 is 10.2 Å². The smallest absolute Gasteiger partial charge is 0.224 e. The van der Waals surface area contributed by atoms with Gasteiger partial charge in [-0.2, -0.15) is 4.39 Å². The minimum absolute atomic E-state index is 0.00769. The number of carbonyl (C=O) groups excluding carboxylic acids is 1. The van der Waals surface area contributed by atoms with Crippen LogP contribution in [0.1, 0.15) is 38.3 Å². The number of pyridine rings is 1. The molecule has 2 aromatic rings. The average molecular weight is 339 g/mol. The van der Waals surface area contributed by atoms with Gasteiger partial charge in [0.25, 0.3) is 0 Å². The highest BCUT2D eigenvalue weighted by Gasteiger charge is 2.47. The molecule has 0 saturated heterocycles. The van der Waals surface area contributed by atoms with Gasteiger partial charge >= 0.3 is 0 Å². The molecule has 1 amide bonds. The van der Waals surface area contributed by atoms with E-state index in [2.05, 4.69) is 17.2 Å². The summed E-state index contributed by atoms with van der Waals surface area (Å²) in [6.07, 6.45) is 2.32. The summed E-state index contributed by atoms with van der Waals surface area (Å²) in [7, 11) is 0. The van der Waals surface area contributed by atoms with Gasteiger partial charge in [-0.15, -0.1) is 0 Å². The zero-order valence-electron chi connectivity index (χ0n) is 14.4. The zero-order valence-corrected chi connectivity index (χ0v) is 14.4. The number of nitrogens with one attached hydrogen (secondary N) is 1. The lowest BCUT2D eigenvalue weighted by molar-refractivity contribution is -0.117. The van der Waals surface area contributed by atoms with Crippen molar-refractivity contribution in [2.75, 3.05) is 10.2 Å². The Morgan fingerprint density at radius 1 is 1.20 bits per heavy atom. The maximum atomic E-state index is 13.5. The van der Waals surface area contributed by atoms with E-state index >= 15 is 0 Å². The molecule has 1 fully saturated rings. The van der Waals surface area contributed by atoms with Crippen LogP contribution in [0.3, 0.4) is 0 Å². The van der Waals surface area contributed by atoms with E-state index in [0.717, 1.165) is 24.1 Å². The van der Waals surface area contributed by atoms with E-state index in [-0.39, 0.29) is 23.9 Å². The van der Waals surface area contributed by atoms with Crippen LogP contribution >= 0.6 is 0 Å². The lowest BCUT2D eigenvalue weighted by Crippen LogP contribution is -2.51. The summed E-state index contributed by atoms with van der Waals surface area (Å²) < 4.78 is 13.5. The summed E-state index contributed by atoms with van der Waals surface area (Å²) in [6.45, 7) is 3.81. The molecule has 4 nitrogen and oxygen atoms in total. The van der Waals surface area contributed by atoms with Crippen LogP contribution in [0, 0.1) is 17.8 Å². The highest BCUT2D eigenvalue weighted by molar-refractivity contribution is 5.94. The van der Waals surface area contributed by atoms with Crippen molar-refractivity contribution < 1.29 is 9.18 Å². The summed E-state index contributed by atoms with van der Waals surface area (Å²) in [4.78, 5) is 18.3. The van der Waals surface area contributed by atoms with Gasteiger partial charge in [-0.1, -0.05) is 31.2 Å². The van der Waals surface area contributed by atoms with Gasteiger partial charge in [-0.25, -0.2) is 4.98 Å². The third-order valence-electron chi connectivity index (χ3n) is 5.36. The highest BCUT2D eigenvalue weighted by Crippen LogP contribution is 2.49. The van der Waals surface area contributed by atoms with Crippen LogP contribution in [-0.4, -0.2) is 16.9 Å². The SMILES string of the molecule is CC(=O)N1c2ccccc2C(Nc2cccc(F)n2)[C@@H](C)[C@@H]1C1CC1. The quantitative estimate of drug-likeness (QED) is 0.854. The zero-order chi connectivity index (χ0) is 17.6. The molecule has 1 aliphatic heterocycles. The maximum absolute atomic E-state index is 13.5. The summed E-state index contributed by atoms with van der Waals surface area (Å²) in [6, 6.07) is 12.9. The van der Waals surface area contributed by atoms with Crippen LogP contribution in [0.5, 0.6) is 0 Å². The number of rotatable bonds is 3. The molecule has 0 bridgehead atoms. The van der Waals surface area contributed by atoms with Gasteiger partial charge < -0.3 is 10.2 Å². The number of amides is 1. The Kier molecular flexibility index (Phi) is 3.94. The first kappa shape index (κ1) is 16.1. The normalized spacial score (nSPS) is 25.4. The molecule has 2 aliphatic rings. The lowest BCUT2D eigenvalue weighted by atomic mass is 9.80. The Balaban J connectivity index is 1.77. The second-order valence-electron chi connectivity index (χ2n) is 7.10. The van der Waals surface area contributed by atoms with Gasteiger partial charge in [-0.05, 0) is 42.5 Å². The number of fused-ring (bicyclic) bond motifs is 1. The first-order chi connectivity index (χ1) is 12.1. The monoisotopic (exact) mass is 339 g/mol. The van der Waals surface area contributed by atoms with Crippen molar-refractivity contribution in [3.63, 3.8) is 0 Å². The number of halogens is 1. The largest absolute Gasteiger partial charge is 0.363 e. The fraction of sp³-hybridized carbons (Fsp3) is 0.400. The van der Waals surface area contributed by atoms with Crippen molar-refractivity contribution in [1.82, 2.24) is 4.98 Å². The van der Waals surface area contributed by atoms with Crippen LogP contribution in [-0.2, 0) is 4.79 Å². The third kappa shape index (κ3) is 2.88. The number of carbonyl (C=O) groups is 1. The minimum atomic E-state index is -0.495. The van der Waals surface area contributed by atoms with Crippen LogP contribution in [0.15, 0.2) is 42.5 Å². The van der Waals surface area contributed by atoms with Crippen molar-refractivity contribution in [1.29, 1.82) is 0 Å². The molecule has 4 rings (SSSR count). The van der Waals surface area contributed by atoms with E-state index in [0.29, 0.717) is 11.7 Å². The van der Waals surface area contributed by atoms with E-state index < -0.39 is 5.95 Å². The van der Waals surface area contributed by atoms with Crippen LogP contribution in [0.2, 0.25) is 0 Å². The van der Waals surface area contributed by atoms with Crippen molar-refractivity contribution in [3.8, 4) is 0 Å². The van der Waals surface area contributed by atoms with Crippen molar-refractivity contribution in [3.05, 3.63) is 54.0 Å². The topological polar surface area (TPSA) is 45.2 Å². The Hall–Kier alpha value is -2.43. The molecule has 0 spiro atoms. The van der Waals surface area contributed by atoms with Gasteiger partial charge in [-0.3, -0.25) is 4.79 Å². The molecule has 1 aromatic heterocycles. The number of nitrogens with zero attached hydrogens (tertiary/aromatic N) is 2. The Labute approximate surface area is 147 Å². The molecule has 1 unspecified atom stereocenters. The fourth-order valence-corrected chi connectivity index (χ4v) is 4.16. The molecule has 3 atom stereocenters. The van der Waals surface area contributed by atoms with Crippen molar-refractivity contribution in [2.45, 2.75) is 38.8 Å². The average Bonchev–Trinajstić information content (AvgIpc) is 3.41. The summed E-state index contributed by atoms with van der Waals surface area (Å²) in [5.74, 6) is 0.857. The van der Waals surface area contributed by atoms with E-state index in [9.17, 15) is 9.18 Å².